The molecule has 0 unspecified atom stereocenters. The van der Waals surface area contributed by atoms with Gasteiger partial charge in [-0.1, -0.05) is 115 Å². The van der Waals surface area contributed by atoms with Gasteiger partial charge in [0.1, 0.15) is 5.58 Å². The van der Waals surface area contributed by atoms with Crippen molar-refractivity contribution in [1.29, 1.82) is 0 Å². The van der Waals surface area contributed by atoms with Gasteiger partial charge < -0.3 is 4.42 Å². The molecule has 10 rings (SSSR count). The van der Waals surface area contributed by atoms with Crippen LogP contribution in [0.5, 0.6) is 0 Å². The molecular weight excluding hydrogens is 553 g/mol. The van der Waals surface area contributed by atoms with Gasteiger partial charge in [0.05, 0.1) is 4.70 Å². The van der Waals surface area contributed by atoms with E-state index in [4.69, 9.17) is 4.42 Å². The van der Waals surface area contributed by atoms with Crippen molar-refractivity contribution in [1.82, 2.24) is 0 Å². The molecule has 10 aromatic rings. The van der Waals surface area contributed by atoms with Crippen LogP contribution in [-0.2, 0) is 0 Å². The van der Waals surface area contributed by atoms with E-state index in [2.05, 4.69) is 146 Å². The van der Waals surface area contributed by atoms with Crippen molar-refractivity contribution < 1.29 is 4.42 Å². The Morgan fingerprint density at radius 3 is 1.66 bits per heavy atom. The molecule has 0 amide bonds. The van der Waals surface area contributed by atoms with Crippen molar-refractivity contribution in [3.05, 3.63) is 146 Å². The first-order valence-corrected chi connectivity index (χ1v) is 15.8. The SMILES string of the molecule is c1ccc2c(c1)ccc1cc(-c3c4ccccc4c(-c4ccc5oc6c7ccccc7sc6c5c4)c4ccccc34)ccc12. The molecule has 0 aliphatic heterocycles. The topological polar surface area (TPSA) is 13.1 Å². The van der Waals surface area contributed by atoms with Crippen molar-refractivity contribution in [2.24, 2.45) is 0 Å². The Labute approximate surface area is 257 Å². The Morgan fingerprint density at radius 2 is 0.932 bits per heavy atom. The van der Waals surface area contributed by atoms with Gasteiger partial charge in [0, 0.05) is 15.5 Å². The third kappa shape index (κ3) is 3.35. The van der Waals surface area contributed by atoms with E-state index in [1.54, 1.807) is 0 Å². The molecule has 0 N–H and O–H groups in total. The second kappa shape index (κ2) is 9.03. The molecule has 0 fully saturated rings. The highest BCUT2D eigenvalue weighted by atomic mass is 32.1. The average molecular weight is 577 g/mol. The van der Waals surface area contributed by atoms with Gasteiger partial charge in [0.15, 0.2) is 5.58 Å². The van der Waals surface area contributed by atoms with Crippen LogP contribution in [0.4, 0.5) is 0 Å². The third-order valence-electron chi connectivity index (χ3n) is 9.24. The van der Waals surface area contributed by atoms with Crippen molar-refractivity contribution in [2.75, 3.05) is 0 Å². The minimum atomic E-state index is 0.940. The summed E-state index contributed by atoms with van der Waals surface area (Å²) in [4.78, 5) is 0. The summed E-state index contributed by atoms with van der Waals surface area (Å²) in [5.74, 6) is 0. The normalized spacial score (nSPS) is 12.1. The predicted molar refractivity (Wildman–Crippen MR) is 190 cm³/mol. The Hall–Kier alpha value is -5.44. The number of rotatable bonds is 2. The third-order valence-corrected chi connectivity index (χ3v) is 10.4. The van der Waals surface area contributed by atoms with Gasteiger partial charge in [-0.15, -0.1) is 11.3 Å². The number of fused-ring (bicyclic) bond motifs is 10. The molecule has 44 heavy (non-hydrogen) atoms. The molecule has 0 saturated carbocycles. The monoisotopic (exact) mass is 576 g/mol. The average Bonchev–Trinajstić information content (AvgIpc) is 3.63. The van der Waals surface area contributed by atoms with Gasteiger partial charge in [-0.05, 0) is 95.7 Å². The first-order valence-electron chi connectivity index (χ1n) is 15.0. The van der Waals surface area contributed by atoms with Gasteiger partial charge in [0.2, 0.25) is 0 Å². The van der Waals surface area contributed by atoms with Crippen molar-refractivity contribution in [3.63, 3.8) is 0 Å². The van der Waals surface area contributed by atoms with Crippen LogP contribution in [0.2, 0.25) is 0 Å². The molecule has 0 aliphatic rings. The Bertz CT molecular complexity index is 2720. The van der Waals surface area contributed by atoms with Crippen LogP contribution in [0, 0.1) is 0 Å². The van der Waals surface area contributed by atoms with Crippen molar-refractivity contribution in [2.45, 2.75) is 0 Å². The summed E-state index contributed by atoms with van der Waals surface area (Å²) in [5.41, 5.74) is 6.93. The summed E-state index contributed by atoms with van der Waals surface area (Å²) >= 11 is 1.82. The first kappa shape index (κ1) is 24.0. The van der Waals surface area contributed by atoms with E-state index in [1.165, 1.54) is 85.5 Å². The zero-order valence-electron chi connectivity index (χ0n) is 23.7. The molecule has 0 atom stereocenters. The minimum Gasteiger partial charge on any atom is -0.454 e. The highest BCUT2D eigenvalue weighted by molar-refractivity contribution is 7.26. The van der Waals surface area contributed by atoms with E-state index >= 15 is 0 Å². The summed E-state index contributed by atoms with van der Waals surface area (Å²) in [6.45, 7) is 0. The van der Waals surface area contributed by atoms with E-state index in [-0.39, 0.29) is 0 Å². The van der Waals surface area contributed by atoms with Crippen LogP contribution in [-0.4, -0.2) is 0 Å². The number of thiophene rings is 1. The maximum Gasteiger partial charge on any atom is 0.154 e. The highest BCUT2D eigenvalue weighted by Gasteiger charge is 2.19. The fourth-order valence-corrected chi connectivity index (χ4v) is 8.43. The molecule has 2 heterocycles. The quantitative estimate of drug-likeness (QED) is 0.147. The molecule has 0 saturated heterocycles. The van der Waals surface area contributed by atoms with Crippen LogP contribution in [0.1, 0.15) is 0 Å². The van der Waals surface area contributed by atoms with Crippen LogP contribution >= 0.6 is 11.3 Å². The number of benzene rings is 8. The lowest BCUT2D eigenvalue weighted by Crippen LogP contribution is -1.91. The van der Waals surface area contributed by atoms with Crippen molar-refractivity contribution in [3.8, 4) is 22.3 Å². The minimum absolute atomic E-state index is 0.940. The van der Waals surface area contributed by atoms with Crippen LogP contribution in [0.15, 0.2) is 150 Å². The maximum absolute atomic E-state index is 6.42. The first-order chi connectivity index (χ1) is 21.8. The number of hydrogen-bond donors (Lipinski definition) is 0. The number of hydrogen-bond acceptors (Lipinski definition) is 2. The summed E-state index contributed by atoms with van der Waals surface area (Å²) in [6, 6.07) is 53.1. The van der Waals surface area contributed by atoms with Gasteiger partial charge in [-0.3, -0.25) is 0 Å². The maximum atomic E-state index is 6.42. The van der Waals surface area contributed by atoms with E-state index in [9.17, 15) is 0 Å². The van der Waals surface area contributed by atoms with Crippen LogP contribution in [0.25, 0.3) is 96.7 Å². The summed E-state index contributed by atoms with van der Waals surface area (Å²) < 4.78 is 8.90. The largest absolute Gasteiger partial charge is 0.454 e. The standard InChI is InChI=1S/C42H24OS/c1-2-10-29-25(9-1)17-18-26-23-27(19-21-30(26)29)39-31-11-3-5-13-33(31)40(34-14-6-4-12-32(34)39)28-20-22-37-36(24-28)42-41(43-37)35-15-7-8-16-38(35)44-42/h1-24H. The molecule has 0 aliphatic carbocycles. The van der Waals surface area contributed by atoms with Gasteiger partial charge in [-0.2, -0.15) is 0 Å². The molecule has 0 spiro atoms. The second-order valence-electron chi connectivity index (χ2n) is 11.6. The molecule has 2 heteroatoms. The molecular formula is C42H24OS. The Balaban J connectivity index is 1.26. The van der Waals surface area contributed by atoms with Gasteiger partial charge >= 0.3 is 0 Å². The lowest BCUT2D eigenvalue weighted by molar-refractivity contribution is 0.673. The van der Waals surface area contributed by atoms with Gasteiger partial charge in [-0.25, -0.2) is 0 Å². The molecule has 1 nitrogen and oxygen atoms in total. The fraction of sp³-hybridized carbons (Fsp3) is 0. The lowest BCUT2D eigenvalue weighted by Gasteiger charge is -2.18. The Kier molecular flexibility index (Phi) is 4.94. The van der Waals surface area contributed by atoms with E-state index < -0.39 is 0 Å². The summed E-state index contributed by atoms with van der Waals surface area (Å²) in [6.07, 6.45) is 0. The van der Waals surface area contributed by atoms with Crippen molar-refractivity contribution >= 4 is 85.8 Å². The molecule has 204 valence electrons. The zero-order valence-corrected chi connectivity index (χ0v) is 24.5. The van der Waals surface area contributed by atoms with Crippen LogP contribution in [0.3, 0.4) is 0 Å². The number of furan rings is 1. The fourth-order valence-electron chi connectivity index (χ4n) is 7.28. The molecule has 8 aromatic carbocycles. The smallest absolute Gasteiger partial charge is 0.154 e. The molecule has 0 radical (unpaired) electrons. The summed E-state index contributed by atoms with van der Waals surface area (Å²) in [7, 11) is 0. The predicted octanol–water partition coefficient (Wildman–Crippen LogP) is 12.7. The molecule has 0 bridgehead atoms. The zero-order chi connectivity index (χ0) is 28.8. The Morgan fingerprint density at radius 1 is 0.386 bits per heavy atom. The van der Waals surface area contributed by atoms with E-state index in [1.807, 2.05) is 11.3 Å². The van der Waals surface area contributed by atoms with E-state index in [0.29, 0.717) is 0 Å². The molecule has 2 aromatic heterocycles. The highest BCUT2D eigenvalue weighted by Crippen LogP contribution is 2.46. The lowest BCUT2D eigenvalue weighted by atomic mass is 9.85. The summed E-state index contributed by atoms with van der Waals surface area (Å²) in [5, 5.41) is 12.5. The second-order valence-corrected chi connectivity index (χ2v) is 12.7. The van der Waals surface area contributed by atoms with Crippen LogP contribution < -0.4 is 0 Å². The van der Waals surface area contributed by atoms with E-state index in [0.717, 1.165) is 11.2 Å². The van der Waals surface area contributed by atoms with Gasteiger partial charge in [0.25, 0.3) is 0 Å².